The van der Waals surface area contributed by atoms with E-state index in [-0.39, 0.29) is 0 Å². The predicted molar refractivity (Wildman–Crippen MR) is 69.9 cm³/mol. The van der Waals surface area contributed by atoms with Gasteiger partial charge in [0.05, 0.1) is 0 Å². The summed E-state index contributed by atoms with van der Waals surface area (Å²) in [5.74, 6) is 1.60. The van der Waals surface area contributed by atoms with Gasteiger partial charge in [0.2, 0.25) is 0 Å². The zero-order valence-electron chi connectivity index (χ0n) is 10.3. The third-order valence-corrected chi connectivity index (χ3v) is 4.16. The molecule has 2 unspecified atom stereocenters. The molecule has 0 radical (unpaired) electrons. The van der Waals surface area contributed by atoms with Gasteiger partial charge >= 0.3 is 0 Å². The molecule has 0 amide bonds. The Morgan fingerprint density at radius 2 is 2.06 bits per heavy atom. The van der Waals surface area contributed by atoms with Crippen LogP contribution in [0.5, 0.6) is 0 Å². The predicted octanol–water partition coefficient (Wildman–Crippen LogP) is 3.96. The lowest BCUT2D eigenvalue weighted by Crippen LogP contribution is -2.24. The van der Waals surface area contributed by atoms with Gasteiger partial charge in [0.25, 0.3) is 0 Å². The summed E-state index contributed by atoms with van der Waals surface area (Å²) in [7, 11) is 2.04. The van der Waals surface area contributed by atoms with E-state index in [4.69, 9.17) is 11.6 Å². The van der Waals surface area contributed by atoms with E-state index < -0.39 is 0 Å². The number of nitrogens with one attached hydrogen (secondary N) is 1. The Morgan fingerprint density at radius 3 is 2.56 bits per heavy atom. The molecular formula is C14H20ClN. The third kappa shape index (κ3) is 2.41. The minimum Gasteiger partial charge on any atom is -0.313 e. The van der Waals surface area contributed by atoms with E-state index in [1.54, 1.807) is 0 Å². The average Bonchev–Trinajstić information content (AvgIpc) is 3.07. The fraction of sp³-hybridized carbons (Fsp3) is 0.571. The lowest BCUT2D eigenvalue weighted by atomic mass is 9.90. The lowest BCUT2D eigenvalue weighted by Gasteiger charge is -2.24. The molecule has 1 aliphatic carbocycles. The normalized spacial score (nSPS) is 19.5. The third-order valence-electron chi connectivity index (χ3n) is 3.76. The van der Waals surface area contributed by atoms with Crippen molar-refractivity contribution in [3.63, 3.8) is 0 Å². The van der Waals surface area contributed by atoms with Gasteiger partial charge in [-0.2, -0.15) is 0 Å². The number of benzene rings is 1. The van der Waals surface area contributed by atoms with Crippen molar-refractivity contribution in [1.82, 2.24) is 5.32 Å². The summed E-state index contributed by atoms with van der Waals surface area (Å²) in [6.45, 7) is 4.39. The Hall–Kier alpha value is -0.530. The van der Waals surface area contributed by atoms with Crippen molar-refractivity contribution in [1.29, 1.82) is 0 Å². The highest BCUT2D eigenvalue weighted by Gasteiger charge is 2.33. The van der Waals surface area contributed by atoms with E-state index in [1.807, 2.05) is 14.0 Å². The molecule has 1 fully saturated rings. The Labute approximate surface area is 103 Å². The van der Waals surface area contributed by atoms with Crippen LogP contribution in [0, 0.1) is 18.8 Å². The molecule has 2 heteroatoms. The molecule has 1 aromatic rings. The van der Waals surface area contributed by atoms with E-state index in [2.05, 4.69) is 30.4 Å². The first kappa shape index (κ1) is 11.9. The molecule has 0 bridgehead atoms. The molecule has 0 aromatic heterocycles. The molecule has 0 spiro atoms. The van der Waals surface area contributed by atoms with Crippen molar-refractivity contribution in [2.45, 2.75) is 32.7 Å². The number of halogens is 1. The lowest BCUT2D eigenvalue weighted by molar-refractivity contribution is 0.369. The maximum absolute atomic E-state index is 6.19. The molecule has 1 nitrogen and oxygen atoms in total. The highest BCUT2D eigenvalue weighted by molar-refractivity contribution is 6.31. The SMILES string of the molecule is CNC(c1ccc(C)c(Cl)c1)C(C)C1CC1. The van der Waals surface area contributed by atoms with Gasteiger partial charge < -0.3 is 5.32 Å². The topological polar surface area (TPSA) is 12.0 Å². The van der Waals surface area contributed by atoms with E-state index in [0.717, 1.165) is 16.5 Å². The zero-order valence-corrected chi connectivity index (χ0v) is 11.0. The van der Waals surface area contributed by atoms with Crippen LogP contribution in [0.1, 0.15) is 36.9 Å². The summed E-state index contributed by atoms with van der Waals surface area (Å²) in [4.78, 5) is 0. The van der Waals surface area contributed by atoms with Crippen LogP contribution >= 0.6 is 11.6 Å². The van der Waals surface area contributed by atoms with Gasteiger partial charge in [-0.1, -0.05) is 30.7 Å². The average molecular weight is 238 g/mol. The van der Waals surface area contributed by atoms with Gasteiger partial charge in [0.1, 0.15) is 0 Å². The van der Waals surface area contributed by atoms with Crippen LogP contribution in [0.3, 0.4) is 0 Å². The minimum absolute atomic E-state index is 0.436. The maximum Gasteiger partial charge on any atom is 0.0438 e. The van der Waals surface area contributed by atoms with Crippen molar-refractivity contribution in [3.8, 4) is 0 Å². The Morgan fingerprint density at radius 1 is 1.38 bits per heavy atom. The van der Waals surface area contributed by atoms with Gasteiger partial charge in [-0.15, -0.1) is 0 Å². The van der Waals surface area contributed by atoms with Gasteiger partial charge in [0, 0.05) is 11.1 Å². The summed E-state index contributed by atoms with van der Waals surface area (Å²) in [6, 6.07) is 6.85. The monoisotopic (exact) mass is 237 g/mol. The molecule has 1 saturated carbocycles. The smallest absolute Gasteiger partial charge is 0.0438 e. The van der Waals surface area contributed by atoms with Crippen LogP contribution in [0.25, 0.3) is 0 Å². The Bertz CT molecular complexity index is 371. The second kappa shape index (κ2) is 4.77. The summed E-state index contributed by atoms with van der Waals surface area (Å²) in [5, 5.41) is 4.30. The van der Waals surface area contributed by atoms with Crippen LogP contribution in [-0.2, 0) is 0 Å². The summed E-state index contributed by atoms with van der Waals surface area (Å²) in [5.41, 5.74) is 2.47. The Balaban J connectivity index is 2.21. The number of aryl methyl sites for hydroxylation is 1. The van der Waals surface area contributed by atoms with Crippen LogP contribution in [-0.4, -0.2) is 7.05 Å². The van der Waals surface area contributed by atoms with Crippen LogP contribution in [0.2, 0.25) is 5.02 Å². The second-order valence-electron chi connectivity index (χ2n) is 4.97. The van der Waals surface area contributed by atoms with Crippen LogP contribution in [0.4, 0.5) is 0 Å². The molecule has 88 valence electrons. The number of hydrogen-bond acceptors (Lipinski definition) is 1. The standard InChI is InChI=1S/C14H20ClN/c1-9-4-5-12(8-13(9)15)14(16-3)10(2)11-6-7-11/h4-5,8,10-11,14,16H,6-7H2,1-3H3. The van der Waals surface area contributed by atoms with Gasteiger partial charge in [0.15, 0.2) is 0 Å². The molecule has 0 saturated heterocycles. The summed E-state index contributed by atoms with van der Waals surface area (Å²) < 4.78 is 0. The molecule has 0 aliphatic heterocycles. The molecule has 1 N–H and O–H groups in total. The maximum atomic E-state index is 6.19. The van der Waals surface area contributed by atoms with Crippen molar-refractivity contribution in [2.75, 3.05) is 7.05 Å². The van der Waals surface area contributed by atoms with Crippen molar-refractivity contribution in [2.24, 2.45) is 11.8 Å². The fourth-order valence-corrected chi connectivity index (χ4v) is 2.62. The molecule has 2 rings (SSSR count). The zero-order chi connectivity index (χ0) is 11.7. The highest BCUT2D eigenvalue weighted by Crippen LogP contribution is 2.42. The van der Waals surface area contributed by atoms with E-state index in [0.29, 0.717) is 12.0 Å². The van der Waals surface area contributed by atoms with Crippen molar-refractivity contribution >= 4 is 11.6 Å². The van der Waals surface area contributed by atoms with E-state index in [1.165, 1.54) is 18.4 Å². The van der Waals surface area contributed by atoms with Crippen molar-refractivity contribution in [3.05, 3.63) is 34.3 Å². The van der Waals surface area contributed by atoms with E-state index >= 15 is 0 Å². The van der Waals surface area contributed by atoms with Crippen LogP contribution < -0.4 is 5.32 Å². The van der Waals surface area contributed by atoms with Gasteiger partial charge in [-0.25, -0.2) is 0 Å². The summed E-state index contributed by atoms with van der Waals surface area (Å²) in [6.07, 6.45) is 2.78. The van der Waals surface area contributed by atoms with Crippen LogP contribution in [0.15, 0.2) is 18.2 Å². The summed E-state index contributed by atoms with van der Waals surface area (Å²) >= 11 is 6.19. The number of hydrogen-bond donors (Lipinski definition) is 1. The molecule has 16 heavy (non-hydrogen) atoms. The molecule has 1 aliphatic rings. The minimum atomic E-state index is 0.436. The first-order valence-corrected chi connectivity index (χ1v) is 6.44. The molecular weight excluding hydrogens is 218 g/mol. The Kier molecular flexibility index (Phi) is 3.56. The van der Waals surface area contributed by atoms with Gasteiger partial charge in [-0.05, 0) is 55.8 Å². The van der Waals surface area contributed by atoms with Crippen molar-refractivity contribution < 1.29 is 0 Å². The quantitative estimate of drug-likeness (QED) is 0.836. The second-order valence-corrected chi connectivity index (χ2v) is 5.38. The molecule has 0 heterocycles. The first-order valence-electron chi connectivity index (χ1n) is 6.06. The number of rotatable bonds is 4. The molecule has 1 aromatic carbocycles. The van der Waals surface area contributed by atoms with Gasteiger partial charge in [-0.3, -0.25) is 0 Å². The van der Waals surface area contributed by atoms with E-state index in [9.17, 15) is 0 Å². The highest BCUT2D eigenvalue weighted by atomic mass is 35.5. The fourth-order valence-electron chi connectivity index (χ4n) is 2.43. The first-order chi connectivity index (χ1) is 7.63. The largest absolute Gasteiger partial charge is 0.313 e. The molecule has 2 atom stereocenters.